The number of amides is 1. The Hall–Kier alpha value is -3.53. The van der Waals surface area contributed by atoms with Gasteiger partial charge in [-0.1, -0.05) is 42.1 Å². The third kappa shape index (κ3) is 4.64. The average molecular weight is 438 g/mol. The van der Waals surface area contributed by atoms with Crippen molar-refractivity contribution >= 4 is 17.7 Å². The number of aromatic nitrogens is 5. The first-order chi connectivity index (χ1) is 15.0. The lowest BCUT2D eigenvalue weighted by molar-refractivity contribution is 0.0933. The van der Waals surface area contributed by atoms with E-state index in [4.69, 9.17) is 4.42 Å². The van der Waals surface area contributed by atoms with Crippen molar-refractivity contribution in [2.24, 2.45) is 7.05 Å². The number of nitrogens with zero attached hydrogens (tertiary/aromatic N) is 5. The number of halogens is 1. The van der Waals surface area contributed by atoms with Crippen LogP contribution in [-0.2, 0) is 12.8 Å². The molecule has 8 nitrogen and oxygen atoms in total. The van der Waals surface area contributed by atoms with Crippen LogP contribution in [0.5, 0.6) is 0 Å². The van der Waals surface area contributed by atoms with E-state index in [0.29, 0.717) is 28.5 Å². The number of hydrogen-bond donors (Lipinski definition) is 1. The van der Waals surface area contributed by atoms with Gasteiger partial charge in [-0.25, -0.2) is 4.39 Å². The van der Waals surface area contributed by atoms with E-state index < -0.39 is 17.8 Å². The highest BCUT2D eigenvalue weighted by Crippen LogP contribution is 2.24. The van der Waals surface area contributed by atoms with Gasteiger partial charge in [0, 0.05) is 12.6 Å². The third-order valence-electron chi connectivity index (χ3n) is 4.53. The van der Waals surface area contributed by atoms with E-state index in [2.05, 4.69) is 25.7 Å². The van der Waals surface area contributed by atoms with Gasteiger partial charge in [0.15, 0.2) is 11.0 Å². The predicted molar refractivity (Wildman–Crippen MR) is 113 cm³/mol. The van der Waals surface area contributed by atoms with Crippen LogP contribution in [0.25, 0.3) is 11.5 Å². The molecule has 0 fully saturated rings. The third-order valence-corrected chi connectivity index (χ3v) is 5.54. The van der Waals surface area contributed by atoms with Crippen molar-refractivity contribution in [3.05, 3.63) is 77.7 Å². The van der Waals surface area contributed by atoms with Gasteiger partial charge in [0.25, 0.3) is 5.91 Å². The highest BCUT2D eigenvalue weighted by Gasteiger charge is 2.20. The Labute approximate surface area is 181 Å². The molecule has 0 saturated carbocycles. The number of rotatable bonds is 7. The molecule has 31 heavy (non-hydrogen) atoms. The molecule has 0 radical (unpaired) electrons. The normalized spacial score (nSPS) is 12.0. The summed E-state index contributed by atoms with van der Waals surface area (Å²) in [7, 11) is 1.80. The van der Waals surface area contributed by atoms with Crippen LogP contribution in [0, 0.1) is 5.82 Å². The molecule has 0 aliphatic carbocycles. The number of nitrogens with one attached hydrogen (secondary N) is 1. The summed E-state index contributed by atoms with van der Waals surface area (Å²) in [5.74, 6) is 0.802. The van der Waals surface area contributed by atoms with Gasteiger partial charge in [0.2, 0.25) is 11.8 Å². The minimum absolute atomic E-state index is 0.0169. The van der Waals surface area contributed by atoms with E-state index in [1.54, 1.807) is 24.6 Å². The van der Waals surface area contributed by atoms with Gasteiger partial charge in [-0.3, -0.25) is 4.79 Å². The van der Waals surface area contributed by atoms with Gasteiger partial charge in [0.1, 0.15) is 5.82 Å². The summed E-state index contributed by atoms with van der Waals surface area (Å²) >= 11 is 1.39. The monoisotopic (exact) mass is 438 g/mol. The standard InChI is InChI=1S/C21H19FN6O2S/c1-13(23-19(29)15-10-6-7-11-16(15)22)18-25-27-21(28(18)2)31-12-17-24-26-20(30-17)14-8-4-3-5-9-14/h3-11,13H,12H2,1-2H3,(H,23,29)/t13-/m0/s1. The van der Waals surface area contributed by atoms with Gasteiger partial charge in [0.05, 0.1) is 17.4 Å². The van der Waals surface area contributed by atoms with Crippen molar-refractivity contribution in [1.82, 2.24) is 30.3 Å². The molecule has 1 atom stereocenters. The molecule has 10 heteroatoms. The first-order valence-corrected chi connectivity index (χ1v) is 10.5. The Balaban J connectivity index is 1.40. The van der Waals surface area contributed by atoms with E-state index in [-0.39, 0.29) is 5.56 Å². The van der Waals surface area contributed by atoms with Crippen molar-refractivity contribution in [1.29, 1.82) is 0 Å². The van der Waals surface area contributed by atoms with Crippen LogP contribution in [0.3, 0.4) is 0 Å². The van der Waals surface area contributed by atoms with Crippen LogP contribution < -0.4 is 5.32 Å². The summed E-state index contributed by atoms with van der Waals surface area (Å²) in [5, 5.41) is 19.9. The van der Waals surface area contributed by atoms with Crippen LogP contribution in [0.2, 0.25) is 0 Å². The maximum absolute atomic E-state index is 13.8. The molecule has 4 rings (SSSR count). The molecule has 4 aromatic rings. The fraction of sp³-hybridized carbons (Fsp3) is 0.190. The van der Waals surface area contributed by atoms with E-state index in [1.807, 2.05) is 30.3 Å². The lowest BCUT2D eigenvalue weighted by atomic mass is 10.2. The van der Waals surface area contributed by atoms with Crippen LogP contribution in [-0.4, -0.2) is 30.9 Å². The van der Waals surface area contributed by atoms with Gasteiger partial charge >= 0.3 is 0 Å². The van der Waals surface area contributed by atoms with Gasteiger partial charge in [-0.05, 0) is 31.2 Å². The molecule has 158 valence electrons. The van der Waals surface area contributed by atoms with Crippen LogP contribution >= 0.6 is 11.8 Å². The second kappa shape index (κ2) is 9.09. The van der Waals surface area contributed by atoms with Crippen molar-refractivity contribution in [2.45, 2.75) is 23.9 Å². The fourth-order valence-electron chi connectivity index (χ4n) is 2.95. The zero-order valence-corrected chi connectivity index (χ0v) is 17.6. The number of carbonyl (C=O) groups is 1. The molecule has 1 amide bonds. The molecule has 1 N–H and O–H groups in total. The van der Waals surface area contributed by atoms with E-state index in [0.717, 1.165) is 5.56 Å². The SMILES string of the molecule is C[C@H](NC(=O)c1ccccc1F)c1nnc(SCc2nnc(-c3ccccc3)o2)n1C. The van der Waals surface area contributed by atoms with Crippen molar-refractivity contribution < 1.29 is 13.6 Å². The summed E-state index contributed by atoms with van der Waals surface area (Å²) in [6.07, 6.45) is 0. The van der Waals surface area contributed by atoms with Gasteiger partial charge < -0.3 is 14.3 Å². The lowest BCUT2D eigenvalue weighted by Crippen LogP contribution is -2.29. The van der Waals surface area contributed by atoms with Gasteiger partial charge in [-0.2, -0.15) is 0 Å². The first-order valence-electron chi connectivity index (χ1n) is 9.48. The molecule has 2 aromatic carbocycles. The molecule has 0 aliphatic heterocycles. The molecular formula is C21H19FN6O2S. The van der Waals surface area contributed by atoms with E-state index in [9.17, 15) is 9.18 Å². The molecule has 0 spiro atoms. The predicted octanol–water partition coefficient (Wildman–Crippen LogP) is 3.79. The van der Waals surface area contributed by atoms with Crippen molar-refractivity contribution in [2.75, 3.05) is 0 Å². The molecule has 0 bridgehead atoms. The summed E-state index contributed by atoms with van der Waals surface area (Å²) in [5.41, 5.74) is 0.836. The number of thioether (sulfide) groups is 1. The molecular weight excluding hydrogens is 419 g/mol. The van der Waals surface area contributed by atoms with Crippen LogP contribution in [0.1, 0.15) is 35.0 Å². The van der Waals surface area contributed by atoms with E-state index in [1.165, 1.54) is 30.0 Å². The first kappa shape index (κ1) is 20.7. The number of carbonyl (C=O) groups excluding carboxylic acids is 1. The Bertz CT molecular complexity index is 1190. The van der Waals surface area contributed by atoms with Gasteiger partial charge in [-0.15, -0.1) is 20.4 Å². The largest absolute Gasteiger partial charge is 0.420 e. The molecule has 0 aliphatic rings. The maximum Gasteiger partial charge on any atom is 0.254 e. The smallest absolute Gasteiger partial charge is 0.254 e. The Morgan fingerprint density at radius 1 is 1.10 bits per heavy atom. The minimum atomic E-state index is -0.573. The second-order valence-electron chi connectivity index (χ2n) is 6.73. The molecule has 2 aromatic heterocycles. The molecule has 0 saturated heterocycles. The average Bonchev–Trinajstić information content (AvgIpc) is 3.40. The summed E-state index contributed by atoms with van der Waals surface area (Å²) in [6.45, 7) is 1.77. The lowest BCUT2D eigenvalue weighted by Gasteiger charge is -2.13. The Kier molecular flexibility index (Phi) is 6.08. The quantitative estimate of drug-likeness (QED) is 0.438. The fourth-order valence-corrected chi connectivity index (χ4v) is 3.70. The summed E-state index contributed by atoms with van der Waals surface area (Å²) in [4.78, 5) is 12.4. The number of benzene rings is 2. The topological polar surface area (TPSA) is 98.7 Å². The zero-order chi connectivity index (χ0) is 21.8. The highest BCUT2D eigenvalue weighted by molar-refractivity contribution is 7.98. The number of hydrogen-bond acceptors (Lipinski definition) is 7. The maximum atomic E-state index is 13.8. The molecule has 0 unspecified atom stereocenters. The summed E-state index contributed by atoms with van der Waals surface area (Å²) in [6, 6.07) is 14.9. The molecule has 2 heterocycles. The Morgan fingerprint density at radius 2 is 1.84 bits per heavy atom. The second-order valence-corrected chi connectivity index (χ2v) is 7.67. The minimum Gasteiger partial charge on any atom is -0.420 e. The van der Waals surface area contributed by atoms with Crippen molar-refractivity contribution in [3.8, 4) is 11.5 Å². The van der Waals surface area contributed by atoms with Crippen molar-refractivity contribution in [3.63, 3.8) is 0 Å². The Morgan fingerprint density at radius 3 is 2.61 bits per heavy atom. The zero-order valence-electron chi connectivity index (χ0n) is 16.8. The highest BCUT2D eigenvalue weighted by atomic mass is 32.2. The van der Waals surface area contributed by atoms with Crippen LogP contribution in [0.4, 0.5) is 4.39 Å². The summed E-state index contributed by atoms with van der Waals surface area (Å²) < 4.78 is 21.3. The van der Waals surface area contributed by atoms with E-state index >= 15 is 0 Å². The van der Waals surface area contributed by atoms with Crippen LogP contribution in [0.15, 0.2) is 64.2 Å².